The van der Waals surface area contributed by atoms with Gasteiger partial charge in [-0.2, -0.15) is 0 Å². The lowest BCUT2D eigenvalue weighted by atomic mass is 10.0. The molecule has 116 valence electrons. The lowest BCUT2D eigenvalue weighted by molar-refractivity contribution is -0.120. The van der Waals surface area contributed by atoms with Crippen LogP contribution in [-0.4, -0.2) is 43.1 Å². The Morgan fingerprint density at radius 2 is 2.26 bits per heavy atom. The number of anilines is 2. The molecule has 3 aromatic rings. The van der Waals surface area contributed by atoms with Gasteiger partial charge in [-0.05, 0) is 25.0 Å². The number of nitrogens with one attached hydrogen (secondary N) is 1. The average Bonchev–Trinajstić information content (AvgIpc) is 3.07. The first-order chi connectivity index (χ1) is 11.3. The van der Waals surface area contributed by atoms with E-state index in [9.17, 15) is 4.79 Å². The lowest BCUT2D eigenvalue weighted by Crippen LogP contribution is -2.48. The minimum Gasteiger partial charge on any atom is -0.355 e. The van der Waals surface area contributed by atoms with Gasteiger partial charge in [0.15, 0.2) is 5.82 Å². The summed E-state index contributed by atoms with van der Waals surface area (Å²) < 4.78 is 1.77. The Kier molecular flexibility index (Phi) is 3.34. The molecule has 1 N–H and O–H groups in total. The molecule has 4 rings (SSSR count). The van der Waals surface area contributed by atoms with Gasteiger partial charge >= 0.3 is 0 Å². The van der Waals surface area contributed by atoms with Gasteiger partial charge in [-0.15, -0.1) is 10.2 Å². The molecule has 23 heavy (non-hydrogen) atoms. The Balaban J connectivity index is 1.59. The number of piperidine rings is 1. The van der Waals surface area contributed by atoms with Crippen LogP contribution < -0.4 is 10.2 Å². The molecule has 0 bridgehead atoms. The molecule has 1 fully saturated rings. The smallest absolute Gasteiger partial charge is 0.249 e. The first-order valence-corrected chi connectivity index (χ1v) is 7.45. The van der Waals surface area contributed by atoms with Gasteiger partial charge in [-0.25, -0.2) is 4.98 Å². The van der Waals surface area contributed by atoms with Crippen molar-refractivity contribution in [3.05, 3.63) is 43.2 Å². The molecular weight excluding hydrogens is 294 g/mol. The SMILES string of the molecule is O=C1C(Nc2nccn3cnnc23)CCCN1c1cccnc1. The van der Waals surface area contributed by atoms with Crippen molar-refractivity contribution in [1.82, 2.24) is 24.6 Å². The van der Waals surface area contributed by atoms with E-state index in [0.29, 0.717) is 18.0 Å². The van der Waals surface area contributed by atoms with Crippen LogP contribution in [0.3, 0.4) is 0 Å². The van der Waals surface area contributed by atoms with E-state index in [2.05, 4.69) is 25.5 Å². The maximum absolute atomic E-state index is 12.8. The largest absolute Gasteiger partial charge is 0.355 e. The number of carbonyl (C=O) groups is 1. The zero-order valence-corrected chi connectivity index (χ0v) is 12.3. The summed E-state index contributed by atoms with van der Waals surface area (Å²) in [5, 5.41) is 11.1. The second kappa shape index (κ2) is 5.64. The maximum Gasteiger partial charge on any atom is 0.249 e. The minimum absolute atomic E-state index is 0.0209. The summed E-state index contributed by atoms with van der Waals surface area (Å²) in [6.07, 6.45) is 10.1. The normalized spacial score (nSPS) is 18.3. The quantitative estimate of drug-likeness (QED) is 0.780. The van der Waals surface area contributed by atoms with E-state index >= 15 is 0 Å². The Bertz CT molecular complexity index is 832. The molecule has 0 spiro atoms. The number of fused-ring (bicyclic) bond motifs is 1. The van der Waals surface area contributed by atoms with E-state index in [4.69, 9.17) is 0 Å². The zero-order chi connectivity index (χ0) is 15.6. The van der Waals surface area contributed by atoms with Crippen LogP contribution in [0.5, 0.6) is 0 Å². The summed E-state index contributed by atoms with van der Waals surface area (Å²) in [4.78, 5) is 22.9. The van der Waals surface area contributed by atoms with E-state index < -0.39 is 0 Å². The van der Waals surface area contributed by atoms with Crippen LogP contribution in [0, 0.1) is 0 Å². The maximum atomic E-state index is 12.8. The molecular formula is C15H15N7O. The molecule has 0 aliphatic carbocycles. The van der Waals surface area contributed by atoms with Crippen molar-refractivity contribution in [2.24, 2.45) is 0 Å². The molecule has 3 aromatic heterocycles. The number of rotatable bonds is 3. The van der Waals surface area contributed by atoms with Gasteiger partial charge in [-0.1, -0.05) is 0 Å². The number of amides is 1. The summed E-state index contributed by atoms with van der Waals surface area (Å²) >= 11 is 0. The summed E-state index contributed by atoms with van der Waals surface area (Å²) in [6.45, 7) is 0.700. The van der Waals surface area contributed by atoms with E-state index in [-0.39, 0.29) is 11.9 Å². The molecule has 8 nitrogen and oxygen atoms in total. The van der Waals surface area contributed by atoms with Crippen LogP contribution in [0.15, 0.2) is 43.2 Å². The number of hydrogen-bond acceptors (Lipinski definition) is 6. The Morgan fingerprint density at radius 3 is 3.13 bits per heavy atom. The lowest BCUT2D eigenvalue weighted by Gasteiger charge is -2.32. The molecule has 1 amide bonds. The summed E-state index contributed by atoms with van der Waals surface area (Å²) in [6, 6.07) is 3.39. The van der Waals surface area contributed by atoms with Crippen molar-refractivity contribution in [2.45, 2.75) is 18.9 Å². The highest BCUT2D eigenvalue weighted by atomic mass is 16.2. The standard InChI is InChI=1S/C15H15N7O/c23-15-12(4-2-7-22(15)11-3-1-5-16-9-11)19-13-14-20-18-10-21(14)8-6-17-13/h1,3,5-6,8-10,12H,2,4,7H2,(H,17,19). The predicted octanol–water partition coefficient (Wildman–Crippen LogP) is 1.13. The van der Waals surface area contributed by atoms with Gasteiger partial charge in [0.2, 0.25) is 11.6 Å². The van der Waals surface area contributed by atoms with Gasteiger partial charge in [0.05, 0.1) is 11.9 Å². The molecule has 4 heterocycles. The number of carbonyl (C=O) groups excluding carboxylic acids is 1. The third-order valence-corrected chi connectivity index (χ3v) is 3.92. The summed E-state index contributed by atoms with van der Waals surface area (Å²) in [5.74, 6) is 0.587. The Labute approximate surface area is 132 Å². The minimum atomic E-state index is -0.334. The molecule has 1 aliphatic rings. The van der Waals surface area contributed by atoms with Crippen LogP contribution in [0.25, 0.3) is 5.65 Å². The first-order valence-electron chi connectivity index (χ1n) is 7.45. The molecule has 8 heteroatoms. The number of aromatic nitrogens is 5. The number of nitrogens with zero attached hydrogens (tertiary/aromatic N) is 6. The molecule has 0 aromatic carbocycles. The van der Waals surface area contributed by atoms with E-state index in [0.717, 1.165) is 18.5 Å². The number of pyridine rings is 1. The van der Waals surface area contributed by atoms with Crippen LogP contribution in [-0.2, 0) is 4.79 Å². The first kappa shape index (κ1) is 13.6. The van der Waals surface area contributed by atoms with Crippen molar-refractivity contribution in [1.29, 1.82) is 0 Å². The van der Waals surface area contributed by atoms with E-state index in [1.54, 1.807) is 40.4 Å². The second-order valence-corrected chi connectivity index (χ2v) is 5.38. The fourth-order valence-electron chi connectivity index (χ4n) is 2.80. The number of hydrogen-bond donors (Lipinski definition) is 1. The predicted molar refractivity (Wildman–Crippen MR) is 84.0 cm³/mol. The molecule has 0 saturated carbocycles. The van der Waals surface area contributed by atoms with E-state index in [1.807, 2.05) is 12.1 Å². The van der Waals surface area contributed by atoms with Gasteiger partial charge in [0.25, 0.3) is 0 Å². The average molecular weight is 309 g/mol. The van der Waals surface area contributed by atoms with Gasteiger partial charge in [0.1, 0.15) is 12.4 Å². The van der Waals surface area contributed by atoms with Crippen LogP contribution in [0.4, 0.5) is 11.5 Å². The van der Waals surface area contributed by atoms with Crippen molar-refractivity contribution in [3.63, 3.8) is 0 Å². The molecule has 1 atom stereocenters. The summed E-state index contributed by atoms with van der Waals surface area (Å²) in [5.41, 5.74) is 1.43. The third kappa shape index (κ3) is 2.48. The zero-order valence-electron chi connectivity index (χ0n) is 12.3. The third-order valence-electron chi connectivity index (χ3n) is 3.92. The van der Waals surface area contributed by atoms with Crippen molar-refractivity contribution >= 4 is 23.1 Å². The monoisotopic (exact) mass is 309 g/mol. The highest BCUT2D eigenvalue weighted by Gasteiger charge is 2.30. The summed E-state index contributed by atoms with van der Waals surface area (Å²) in [7, 11) is 0. The molecule has 1 unspecified atom stereocenters. The topological polar surface area (TPSA) is 88.3 Å². The molecule has 0 radical (unpaired) electrons. The fraction of sp³-hybridized carbons (Fsp3) is 0.267. The van der Waals surface area contributed by atoms with Crippen molar-refractivity contribution in [2.75, 3.05) is 16.8 Å². The van der Waals surface area contributed by atoms with Gasteiger partial charge < -0.3 is 10.2 Å². The van der Waals surface area contributed by atoms with Gasteiger partial charge in [-0.3, -0.25) is 14.2 Å². The van der Waals surface area contributed by atoms with E-state index in [1.165, 1.54) is 0 Å². The highest BCUT2D eigenvalue weighted by molar-refractivity contribution is 5.99. The van der Waals surface area contributed by atoms with Gasteiger partial charge in [0, 0.05) is 25.1 Å². The van der Waals surface area contributed by atoms with Crippen LogP contribution >= 0.6 is 0 Å². The Morgan fingerprint density at radius 1 is 1.30 bits per heavy atom. The second-order valence-electron chi connectivity index (χ2n) is 5.38. The van der Waals surface area contributed by atoms with Crippen molar-refractivity contribution < 1.29 is 4.79 Å². The molecule has 1 aliphatic heterocycles. The Hall–Kier alpha value is -3.03. The molecule has 1 saturated heterocycles. The highest BCUT2D eigenvalue weighted by Crippen LogP contribution is 2.22. The van der Waals surface area contributed by atoms with Crippen LogP contribution in [0.1, 0.15) is 12.8 Å². The fourth-order valence-corrected chi connectivity index (χ4v) is 2.80. The van der Waals surface area contributed by atoms with Crippen molar-refractivity contribution in [3.8, 4) is 0 Å². The van der Waals surface area contributed by atoms with Crippen LogP contribution in [0.2, 0.25) is 0 Å².